The van der Waals surface area contributed by atoms with Crippen molar-refractivity contribution >= 4 is 5.97 Å². The Morgan fingerprint density at radius 1 is 0.758 bits per heavy atom. The Labute approximate surface area is 200 Å². The van der Waals surface area contributed by atoms with Crippen LogP contribution in [0.4, 0.5) is 0 Å². The Morgan fingerprint density at radius 3 is 2.06 bits per heavy atom. The van der Waals surface area contributed by atoms with Gasteiger partial charge in [-0.15, -0.1) is 0 Å². The third kappa shape index (κ3) is 8.53. The molecular weight excluding hydrogens is 408 g/mol. The minimum atomic E-state index is -0.329. The van der Waals surface area contributed by atoms with Gasteiger partial charge in [0.1, 0.15) is 11.5 Å². The molecule has 0 aliphatic heterocycles. The number of ether oxygens (including phenoxy) is 2. The molecule has 0 aromatic heterocycles. The van der Waals surface area contributed by atoms with E-state index in [9.17, 15) is 4.79 Å². The van der Waals surface area contributed by atoms with Crippen molar-refractivity contribution in [1.29, 1.82) is 0 Å². The molecule has 2 aromatic rings. The number of rotatable bonds is 13. The van der Waals surface area contributed by atoms with Crippen molar-refractivity contribution in [2.24, 2.45) is 5.92 Å². The molecule has 0 N–H and O–H groups in total. The average molecular weight is 451 g/mol. The summed E-state index contributed by atoms with van der Waals surface area (Å²) in [6.07, 6.45) is 15.5. The van der Waals surface area contributed by atoms with Gasteiger partial charge < -0.3 is 9.47 Å². The van der Waals surface area contributed by atoms with Gasteiger partial charge in [-0.1, -0.05) is 70.9 Å². The number of benzene rings is 2. The minimum absolute atomic E-state index is 0.329. The van der Waals surface area contributed by atoms with E-state index in [4.69, 9.17) is 9.47 Å². The molecule has 0 saturated heterocycles. The largest absolute Gasteiger partial charge is 0.494 e. The third-order valence-corrected chi connectivity index (χ3v) is 6.98. The van der Waals surface area contributed by atoms with Gasteiger partial charge >= 0.3 is 5.97 Å². The monoisotopic (exact) mass is 450 g/mol. The lowest BCUT2D eigenvalue weighted by Crippen LogP contribution is -2.13. The van der Waals surface area contributed by atoms with Crippen LogP contribution in [0.15, 0.2) is 48.5 Å². The maximum atomic E-state index is 12.5. The predicted molar refractivity (Wildman–Crippen MR) is 136 cm³/mol. The summed E-state index contributed by atoms with van der Waals surface area (Å²) in [5.74, 6) is 2.64. The molecule has 3 heteroatoms. The maximum absolute atomic E-state index is 12.5. The smallest absolute Gasteiger partial charge is 0.343 e. The lowest BCUT2D eigenvalue weighted by atomic mass is 9.77. The number of hydrogen-bond donors (Lipinski definition) is 0. The van der Waals surface area contributed by atoms with Crippen molar-refractivity contribution in [3.8, 4) is 11.5 Å². The van der Waals surface area contributed by atoms with E-state index in [1.54, 1.807) is 12.1 Å². The zero-order valence-electron chi connectivity index (χ0n) is 20.7. The Hall–Kier alpha value is -2.29. The maximum Gasteiger partial charge on any atom is 0.343 e. The van der Waals surface area contributed by atoms with Gasteiger partial charge in [0.05, 0.1) is 12.2 Å². The van der Waals surface area contributed by atoms with Gasteiger partial charge in [-0.25, -0.2) is 4.79 Å². The Balaban J connectivity index is 1.42. The molecule has 0 amide bonds. The number of esters is 1. The summed E-state index contributed by atoms with van der Waals surface area (Å²) < 4.78 is 11.4. The van der Waals surface area contributed by atoms with Crippen LogP contribution in [0, 0.1) is 5.92 Å². The topological polar surface area (TPSA) is 35.5 Å². The number of carbonyl (C=O) groups excluding carboxylic acids is 1. The predicted octanol–water partition coefficient (Wildman–Crippen LogP) is 8.72. The number of carbonyl (C=O) groups is 1. The highest BCUT2D eigenvalue weighted by Gasteiger charge is 2.22. The van der Waals surface area contributed by atoms with E-state index in [-0.39, 0.29) is 5.97 Å². The van der Waals surface area contributed by atoms with Crippen LogP contribution >= 0.6 is 0 Å². The summed E-state index contributed by atoms with van der Waals surface area (Å²) in [5, 5.41) is 0. The highest BCUT2D eigenvalue weighted by molar-refractivity contribution is 5.91. The van der Waals surface area contributed by atoms with Crippen LogP contribution in [0.3, 0.4) is 0 Å². The second-order valence-corrected chi connectivity index (χ2v) is 9.61. The fraction of sp³-hybridized carbons (Fsp3) is 0.567. The zero-order valence-corrected chi connectivity index (χ0v) is 20.7. The van der Waals surface area contributed by atoms with Crippen molar-refractivity contribution in [2.45, 2.75) is 96.8 Å². The van der Waals surface area contributed by atoms with Crippen LogP contribution in [0.5, 0.6) is 11.5 Å². The molecule has 2 aromatic carbocycles. The van der Waals surface area contributed by atoms with Gasteiger partial charge in [0.25, 0.3) is 0 Å². The highest BCUT2D eigenvalue weighted by Crippen LogP contribution is 2.38. The summed E-state index contributed by atoms with van der Waals surface area (Å²) in [6.45, 7) is 5.20. The van der Waals surface area contributed by atoms with Crippen LogP contribution < -0.4 is 9.47 Å². The van der Waals surface area contributed by atoms with Gasteiger partial charge in [0.15, 0.2) is 0 Å². The molecule has 0 atom stereocenters. The van der Waals surface area contributed by atoms with E-state index >= 15 is 0 Å². The van der Waals surface area contributed by atoms with Crippen LogP contribution in [0.2, 0.25) is 0 Å². The molecule has 3 rings (SSSR count). The third-order valence-electron chi connectivity index (χ3n) is 6.98. The first-order valence-corrected chi connectivity index (χ1v) is 13.2. The first-order chi connectivity index (χ1) is 16.2. The highest BCUT2D eigenvalue weighted by atomic mass is 16.5. The molecule has 0 unspecified atom stereocenters. The first-order valence-electron chi connectivity index (χ1n) is 13.2. The van der Waals surface area contributed by atoms with Crippen LogP contribution in [0.25, 0.3) is 0 Å². The lowest BCUT2D eigenvalue weighted by Gasteiger charge is -2.29. The molecule has 0 spiro atoms. The summed E-state index contributed by atoms with van der Waals surface area (Å²) in [4.78, 5) is 12.5. The van der Waals surface area contributed by atoms with Crippen LogP contribution in [-0.4, -0.2) is 12.6 Å². The number of hydrogen-bond acceptors (Lipinski definition) is 3. The molecule has 0 heterocycles. The van der Waals surface area contributed by atoms with E-state index in [2.05, 4.69) is 26.0 Å². The van der Waals surface area contributed by atoms with Crippen molar-refractivity contribution in [3.05, 3.63) is 59.7 Å². The summed E-state index contributed by atoms with van der Waals surface area (Å²) in [5.41, 5.74) is 1.92. The standard InChI is InChI=1S/C30H42O3/c1-3-5-7-9-23-32-28-19-17-27(18-20-28)30(31)33-29-21-15-26(16-22-29)25-13-11-24(12-14-25)10-8-6-4-2/h15-22,24-25H,3-14,23H2,1-2H3. The molecule has 1 aliphatic rings. The molecule has 1 fully saturated rings. The Bertz CT molecular complexity index is 801. The molecule has 0 bridgehead atoms. The van der Waals surface area contributed by atoms with Crippen molar-refractivity contribution in [3.63, 3.8) is 0 Å². The van der Waals surface area contributed by atoms with E-state index in [0.29, 0.717) is 17.2 Å². The summed E-state index contributed by atoms with van der Waals surface area (Å²) >= 11 is 0. The van der Waals surface area contributed by atoms with Crippen molar-refractivity contribution < 1.29 is 14.3 Å². The SMILES string of the molecule is CCCCCCOc1ccc(C(=O)Oc2ccc(C3CCC(CCCCC)CC3)cc2)cc1. The van der Waals surface area contributed by atoms with Crippen molar-refractivity contribution in [2.75, 3.05) is 6.61 Å². The van der Waals surface area contributed by atoms with Crippen LogP contribution in [-0.2, 0) is 0 Å². The molecule has 1 saturated carbocycles. The Morgan fingerprint density at radius 2 is 1.39 bits per heavy atom. The van der Waals surface area contributed by atoms with Crippen molar-refractivity contribution in [1.82, 2.24) is 0 Å². The fourth-order valence-electron chi connectivity index (χ4n) is 4.85. The van der Waals surface area contributed by atoms with Gasteiger partial charge in [0.2, 0.25) is 0 Å². The molecule has 0 radical (unpaired) electrons. The summed E-state index contributed by atoms with van der Waals surface area (Å²) in [6, 6.07) is 15.4. The van der Waals surface area contributed by atoms with E-state index in [1.807, 2.05) is 24.3 Å². The minimum Gasteiger partial charge on any atom is -0.494 e. The number of unbranched alkanes of at least 4 members (excludes halogenated alkanes) is 5. The Kier molecular flexibility index (Phi) is 10.8. The lowest BCUT2D eigenvalue weighted by molar-refractivity contribution is 0.0734. The van der Waals surface area contributed by atoms with Crippen LogP contribution in [0.1, 0.15) is 113 Å². The quantitative estimate of drug-likeness (QED) is 0.174. The van der Waals surface area contributed by atoms with Gasteiger partial charge in [-0.2, -0.15) is 0 Å². The second-order valence-electron chi connectivity index (χ2n) is 9.61. The van der Waals surface area contributed by atoms with Gasteiger partial charge in [0, 0.05) is 0 Å². The molecule has 33 heavy (non-hydrogen) atoms. The van der Waals surface area contributed by atoms with E-state index in [0.717, 1.165) is 24.7 Å². The van der Waals surface area contributed by atoms with Gasteiger partial charge in [-0.3, -0.25) is 0 Å². The average Bonchev–Trinajstić information content (AvgIpc) is 2.85. The van der Waals surface area contributed by atoms with E-state index < -0.39 is 0 Å². The first kappa shape index (κ1) is 25.3. The molecule has 180 valence electrons. The molecule has 3 nitrogen and oxygen atoms in total. The zero-order chi connectivity index (χ0) is 23.3. The fourth-order valence-corrected chi connectivity index (χ4v) is 4.85. The second kappa shape index (κ2) is 14.1. The molecular formula is C30H42O3. The van der Waals surface area contributed by atoms with Gasteiger partial charge in [-0.05, 0) is 85.9 Å². The van der Waals surface area contributed by atoms with E-state index in [1.165, 1.54) is 76.2 Å². The molecule has 1 aliphatic carbocycles. The summed E-state index contributed by atoms with van der Waals surface area (Å²) in [7, 11) is 0. The normalized spacial score (nSPS) is 18.1.